The Labute approximate surface area is 196 Å². The van der Waals surface area contributed by atoms with Crippen molar-refractivity contribution in [1.29, 1.82) is 0 Å². The molecule has 0 saturated heterocycles. The van der Waals surface area contributed by atoms with Crippen LogP contribution in [-0.4, -0.2) is 37.8 Å². The molecule has 6 nitrogen and oxygen atoms in total. The standard InChI is InChI=1S/C27H34N2O4/c1-2-3-17-33-26(31)29-22-12-15-27(16-13-22,21-9-5-4-6-10-21)19-28-25(30)23-11-7-8-20-14-18-32-24(20)23/h4-11,22H,2-3,12-19H2,1H3,(H,28,30)(H,29,31)/t22-,27+. The molecule has 2 aromatic carbocycles. The van der Waals surface area contributed by atoms with Crippen molar-refractivity contribution < 1.29 is 19.1 Å². The number of amides is 2. The first-order valence-corrected chi connectivity index (χ1v) is 12.1. The summed E-state index contributed by atoms with van der Waals surface area (Å²) in [6.07, 6.45) is 5.84. The van der Waals surface area contributed by atoms with Gasteiger partial charge in [0.05, 0.1) is 18.8 Å². The molecule has 2 amide bonds. The van der Waals surface area contributed by atoms with Crippen LogP contribution in [0.1, 0.15) is 66.9 Å². The van der Waals surface area contributed by atoms with E-state index in [1.54, 1.807) is 0 Å². The summed E-state index contributed by atoms with van der Waals surface area (Å²) in [6.45, 7) is 3.71. The van der Waals surface area contributed by atoms with Crippen molar-refractivity contribution in [2.24, 2.45) is 0 Å². The van der Waals surface area contributed by atoms with E-state index in [4.69, 9.17) is 9.47 Å². The molecule has 0 radical (unpaired) electrons. The van der Waals surface area contributed by atoms with Gasteiger partial charge >= 0.3 is 6.09 Å². The van der Waals surface area contributed by atoms with Crippen molar-refractivity contribution in [3.63, 3.8) is 0 Å². The molecule has 33 heavy (non-hydrogen) atoms. The van der Waals surface area contributed by atoms with E-state index in [-0.39, 0.29) is 23.5 Å². The summed E-state index contributed by atoms with van der Waals surface area (Å²) in [4.78, 5) is 25.2. The van der Waals surface area contributed by atoms with Crippen LogP contribution in [0.5, 0.6) is 5.75 Å². The van der Waals surface area contributed by atoms with Gasteiger partial charge in [-0.3, -0.25) is 4.79 Å². The summed E-state index contributed by atoms with van der Waals surface area (Å²) in [5.41, 5.74) is 2.76. The van der Waals surface area contributed by atoms with Gasteiger partial charge in [0.25, 0.3) is 5.91 Å². The Kier molecular flexibility index (Phi) is 7.53. The maximum Gasteiger partial charge on any atom is 0.407 e. The zero-order valence-electron chi connectivity index (χ0n) is 19.4. The van der Waals surface area contributed by atoms with Gasteiger partial charge in [0.15, 0.2) is 0 Å². The third-order valence-corrected chi connectivity index (χ3v) is 6.93. The average Bonchev–Trinajstić information content (AvgIpc) is 3.33. The van der Waals surface area contributed by atoms with Crippen molar-refractivity contribution >= 4 is 12.0 Å². The van der Waals surface area contributed by atoms with Crippen molar-refractivity contribution in [2.75, 3.05) is 19.8 Å². The number of hydrogen-bond donors (Lipinski definition) is 2. The molecule has 0 unspecified atom stereocenters. The summed E-state index contributed by atoms with van der Waals surface area (Å²) in [6, 6.07) is 16.3. The van der Waals surface area contributed by atoms with Gasteiger partial charge in [0.1, 0.15) is 5.75 Å². The second-order valence-corrected chi connectivity index (χ2v) is 9.13. The number of unbranched alkanes of at least 4 members (excludes halogenated alkanes) is 1. The molecule has 0 bridgehead atoms. The highest BCUT2D eigenvalue weighted by atomic mass is 16.5. The SMILES string of the molecule is CCCCOC(=O)N[C@H]1CC[C@@](CNC(=O)c2cccc3c2OCC3)(c2ccccc2)CC1. The molecule has 1 saturated carbocycles. The Morgan fingerprint density at radius 1 is 1.09 bits per heavy atom. The molecular formula is C27H34N2O4. The predicted molar refractivity (Wildman–Crippen MR) is 128 cm³/mol. The predicted octanol–water partition coefficient (Wildman–Crippen LogP) is 4.76. The molecule has 0 aromatic heterocycles. The van der Waals surface area contributed by atoms with Crippen LogP contribution in [0.2, 0.25) is 0 Å². The lowest BCUT2D eigenvalue weighted by molar-refractivity contribution is 0.0931. The first-order chi connectivity index (χ1) is 16.1. The van der Waals surface area contributed by atoms with Crippen molar-refractivity contribution in [3.05, 3.63) is 65.2 Å². The molecule has 0 spiro atoms. The first-order valence-electron chi connectivity index (χ1n) is 12.1. The van der Waals surface area contributed by atoms with E-state index in [2.05, 4.69) is 29.7 Å². The number of alkyl carbamates (subject to hydrolysis) is 1. The molecule has 2 aromatic rings. The smallest absolute Gasteiger partial charge is 0.407 e. The number of ether oxygens (including phenoxy) is 2. The molecule has 2 N–H and O–H groups in total. The number of benzene rings is 2. The number of hydrogen-bond acceptors (Lipinski definition) is 4. The van der Waals surface area contributed by atoms with Crippen LogP contribution in [-0.2, 0) is 16.6 Å². The zero-order chi connectivity index (χ0) is 23.1. The second-order valence-electron chi connectivity index (χ2n) is 9.13. The average molecular weight is 451 g/mol. The van der Waals surface area contributed by atoms with Gasteiger partial charge in [-0.1, -0.05) is 55.8 Å². The Balaban J connectivity index is 1.41. The highest BCUT2D eigenvalue weighted by molar-refractivity contribution is 5.97. The van der Waals surface area contributed by atoms with E-state index < -0.39 is 0 Å². The largest absolute Gasteiger partial charge is 0.492 e. The zero-order valence-corrected chi connectivity index (χ0v) is 19.4. The minimum atomic E-state index is -0.327. The fraction of sp³-hybridized carbons (Fsp3) is 0.481. The number of carbonyl (C=O) groups is 2. The number of nitrogens with one attached hydrogen (secondary N) is 2. The number of para-hydroxylation sites is 1. The Hall–Kier alpha value is -3.02. The van der Waals surface area contributed by atoms with Gasteiger partial charge in [-0.2, -0.15) is 0 Å². The molecule has 176 valence electrons. The Morgan fingerprint density at radius 3 is 2.64 bits per heavy atom. The maximum atomic E-state index is 13.1. The van der Waals surface area contributed by atoms with E-state index in [1.165, 1.54) is 5.56 Å². The minimum Gasteiger partial charge on any atom is -0.492 e. The van der Waals surface area contributed by atoms with Gasteiger partial charge in [-0.05, 0) is 49.3 Å². The van der Waals surface area contributed by atoms with E-state index in [0.717, 1.165) is 56.3 Å². The number of fused-ring (bicyclic) bond motifs is 1. The number of carbonyl (C=O) groups excluding carboxylic acids is 2. The lowest BCUT2D eigenvalue weighted by Gasteiger charge is -2.41. The van der Waals surface area contributed by atoms with Gasteiger partial charge in [-0.15, -0.1) is 0 Å². The lowest BCUT2D eigenvalue weighted by Crippen LogP contribution is -2.47. The van der Waals surface area contributed by atoms with Gasteiger partial charge in [0, 0.05) is 24.4 Å². The summed E-state index contributed by atoms with van der Waals surface area (Å²) in [5, 5.41) is 6.22. The van der Waals surface area contributed by atoms with E-state index in [1.807, 2.05) is 36.4 Å². The lowest BCUT2D eigenvalue weighted by atomic mass is 9.68. The summed E-state index contributed by atoms with van der Waals surface area (Å²) in [7, 11) is 0. The molecule has 1 aliphatic heterocycles. The number of rotatable bonds is 8. The highest BCUT2D eigenvalue weighted by Crippen LogP contribution is 2.39. The third kappa shape index (κ3) is 5.49. The fourth-order valence-corrected chi connectivity index (χ4v) is 4.93. The minimum absolute atomic E-state index is 0.0937. The maximum absolute atomic E-state index is 13.1. The van der Waals surface area contributed by atoms with E-state index in [0.29, 0.717) is 25.3 Å². The van der Waals surface area contributed by atoms with Crippen molar-refractivity contribution in [2.45, 2.75) is 63.3 Å². The molecule has 4 rings (SSSR count). The van der Waals surface area contributed by atoms with Crippen LogP contribution in [0.25, 0.3) is 0 Å². The monoisotopic (exact) mass is 450 g/mol. The van der Waals surface area contributed by atoms with Crippen molar-refractivity contribution in [3.8, 4) is 5.75 Å². The summed E-state index contributed by atoms with van der Waals surface area (Å²) in [5.74, 6) is 0.627. The first kappa shape index (κ1) is 23.1. The Bertz CT molecular complexity index is 952. The van der Waals surface area contributed by atoms with Gasteiger partial charge in [0.2, 0.25) is 0 Å². The third-order valence-electron chi connectivity index (χ3n) is 6.93. The highest BCUT2D eigenvalue weighted by Gasteiger charge is 2.38. The molecule has 2 aliphatic rings. The van der Waals surface area contributed by atoms with Crippen LogP contribution >= 0.6 is 0 Å². The van der Waals surface area contributed by atoms with E-state index in [9.17, 15) is 9.59 Å². The molecule has 6 heteroatoms. The molecule has 0 atom stereocenters. The quantitative estimate of drug-likeness (QED) is 0.569. The molecule has 1 heterocycles. The van der Waals surface area contributed by atoms with E-state index >= 15 is 0 Å². The Morgan fingerprint density at radius 2 is 1.88 bits per heavy atom. The van der Waals surface area contributed by atoms with Crippen molar-refractivity contribution in [1.82, 2.24) is 10.6 Å². The second kappa shape index (κ2) is 10.7. The van der Waals surface area contributed by atoms with Gasteiger partial charge in [-0.25, -0.2) is 4.79 Å². The van der Waals surface area contributed by atoms with Crippen LogP contribution in [0.15, 0.2) is 48.5 Å². The summed E-state index contributed by atoms with van der Waals surface area (Å²) < 4.78 is 11.0. The van der Waals surface area contributed by atoms with Crippen LogP contribution in [0.4, 0.5) is 4.79 Å². The van der Waals surface area contributed by atoms with Gasteiger partial charge < -0.3 is 20.1 Å². The van der Waals surface area contributed by atoms with Crippen LogP contribution in [0, 0.1) is 0 Å². The van der Waals surface area contributed by atoms with Crippen LogP contribution < -0.4 is 15.4 Å². The molecule has 1 fully saturated rings. The van der Waals surface area contributed by atoms with Crippen LogP contribution in [0.3, 0.4) is 0 Å². The summed E-state index contributed by atoms with van der Waals surface area (Å²) >= 11 is 0. The fourth-order valence-electron chi connectivity index (χ4n) is 4.93. The normalized spacial score (nSPS) is 21.5. The topological polar surface area (TPSA) is 76.7 Å². The molecular weight excluding hydrogens is 416 g/mol. The molecule has 1 aliphatic carbocycles.